The van der Waals surface area contributed by atoms with Crippen LogP contribution >= 0.6 is 15.9 Å². The lowest BCUT2D eigenvalue weighted by Crippen LogP contribution is -2.49. The lowest BCUT2D eigenvalue weighted by molar-refractivity contribution is -0.198. The van der Waals surface area contributed by atoms with Crippen molar-refractivity contribution in [1.82, 2.24) is 5.32 Å². The van der Waals surface area contributed by atoms with Gasteiger partial charge in [-0.05, 0) is 25.7 Å². The number of amides is 1. The smallest absolute Gasteiger partial charge is 0.352 e. The molecule has 0 saturated heterocycles. The molecule has 4 atom stereocenters. The first-order valence-corrected chi connectivity index (χ1v) is 8.32. The Hall–Kier alpha value is -0.260. The molecule has 0 radical (unpaired) electrons. The van der Waals surface area contributed by atoms with Crippen LogP contribution in [0.25, 0.3) is 0 Å². The van der Waals surface area contributed by atoms with E-state index in [2.05, 4.69) is 21.2 Å². The van der Waals surface area contributed by atoms with Crippen molar-refractivity contribution in [1.29, 1.82) is 0 Å². The largest absolute Gasteiger partial charge is 0.392 e. The zero-order valence-electron chi connectivity index (χ0n) is 11.4. The van der Waals surface area contributed by atoms with E-state index >= 15 is 0 Å². The number of alkyl halides is 4. The van der Waals surface area contributed by atoms with Gasteiger partial charge in [0, 0.05) is 16.8 Å². The van der Waals surface area contributed by atoms with Crippen LogP contribution in [0.4, 0.5) is 13.2 Å². The molecule has 0 aromatic carbocycles. The summed E-state index contributed by atoms with van der Waals surface area (Å²) >= 11 is 3.52. The van der Waals surface area contributed by atoms with Crippen molar-refractivity contribution < 1.29 is 18.0 Å². The Morgan fingerprint density at radius 3 is 2.25 bits per heavy atom. The molecule has 20 heavy (non-hydrogen) atoms. The molecule has 2 fully saturated rings. The van der Waals surface area contributed by atoms with Crippen molar-refractivity contribution in [2.24, 2.45) is 11.8 Å². The Labute approximate surface area is 126 Å². The molecule has 2 aliphatic carbocycles. The molecule has 0 heterocycles. The quantitative estimate of drug-likeness (QED) is 0.739. The summed E-state index contributed by atoms with van der Waals surface area (Å²) in [4.78, 5) is 12.4. The predicted molar refractivity (Wildman–Crippen MR) is 74.6 cm³/mol. The molecule has 4 unspecified atom stereocenters. The highest BCUT2D eigenvalue weighted by Crippen LogP contribution is 2.41. The van der Waals surface area contributed by atoms with Crippen molar-refractivity contribution in [2.75, 3.05) is 0 Å². The van der Waals surface area contributed by atoms with Crippen LogP contribution in [-0.2, 0) is 4.79 Å². The first-order valence-electron chi connectivity index (χ1n) is 7.40. The molecule has 2 aliphatic rings. The monoisotopic (exact) mass is 355 g/mol. The predicted octanol–water partition coefficient (Wildman–Crippen LogP) is 4.18. The Balaban J connectivity index is 1.99. The standard InChI is InChI=1S/C14H21BrF3NO/c15-11-7-3-4-8-12(11)19-13(20)9-5-1-2-6-10(9)14(16,17)18/h9-12H,1-8H2,(H,19,20). The van der Waals surface area contributed by atoms with Crippen molar-refractivity contribution >= 4 is 21.8 Å². The molecule has 2 saturated carbocycles. The van der Waals surface area contributed by atoms with Crippen molar-refractivity contribution in [3.8, 4) is 0 Å². The van der Waals surface area contributed by atoms with Crippen LogP contribution in [0.5, 0.6) is 0 Å². The van der Waals surface area contributed by atoms with Crippen LogP contribution in [0.2, 0.25) is 0 Å². The van der Waals surface area contributed by atoms with Gasteiger partial charge >= 0.3 is 6.18 Å². The molecule has 0 spiro atoms. The highest BCUT2D eigenvalue weighted by molar-refractivity contribution is 9.09. The van der Waals surface area contributed by atoms with Gasteiger partial charge in [0.1, 0.15) is 0 Å². The lowest BCUT2D eigenvalue weighted by atomic mass is 9.78. The maximum atomic E-state index is 13.0. The molecule has 1 amide bonds. The van der Waals surface area contributed by atoms with E-state index in [1.165, 1.54) is 0 Å². The highest BCUT2D eigenvalue weighted by atomic mass is 79.9. The summed E-state index contributed by atoms with van der Waals surface area (Å²) in [5.41, 5.74) is 0. The third kappa shape index (κ3) is 3.89. The van der Waals surface area contributed by atoms with Crippen LogP contribution in [0.15, 0.2) is 0 Å². The maximum absolute atomic E-state index is 13.0. The van der Waals surface area contributed by atoms with Gasteiger partial charge in [-0.2, -0.15) is 13.2 Å². The van der Waals surface area contributed by atoms with Gasteiger partial charge in [-0.15, -0.1) is 0 Å². The summed E-state index contributed by atoms with van der Waals surface area (Å²) in [6.07, 6.45) is 1.43. The SMILES string of the molecule is O=C(NC1CCCCC1Br)C1CCCCC1C(F)(F)F. The summed E-state index contributed by atoms with van der Waals surface area (Å²) in [7, 11) is 0. The minimum Gasteiger partial charge on any atom is -0.352 e. The number of carbonyl (C=O) groups is 1. The van der Waals surface area contributed by atoms with E-state index in [0.29, 0.717) is 19.3 Å². The normalized spacial score (nSPS) is 35.6. The van der Waals surface area contributed by atoms with Crippen LogP contribution < -0.4 is 5.32 Å². The van der Waals surface area contributed by atoms with E-state index in [-0.39, 0.29) is 17.3 Å². The molecule has 2 nitrogen and oxygen atoms in total. The zero-order chi connectivity index (χ0) is 14.8. The molecule has 2 rings (SSSR count). The summed E-state index contributed by atoms with van der Waals surface area (Å²) in [5, 5.41) is 2.85. The summed E-state index contributed by atoms with van der Waals surface area (Å²) in [5.74, 6) is -2.76. The number of halogens is 4. The first kappa shape index (κ1) is 16.1. The molecule has 0 aromatic rings. The molecule has 0 aromatic heterocycles. The van der Waals surface area contributed by atoms with E-state index in [0.717, 1.165) is 25.7 Å². The van der Waals surface area contributed by atoms with Gasteiger partial charge in [0.2, 0.25) is 5.91 Å². The minimum absolute atomic E-state index is 0.0212. The minimum atomic E-state index is -4.26. The van der Waals surface area contributed by atoms with E-state index in [1.807, 2.05) is 0 Å². The van der Waals surface area contributed by atoms with E-state index in [4.69, 9.17) is 0 Å². The molecule has 0 aliphatic heterocycles. The highest BCUT2D eigenvalue weighted by Gasteiger charge is 2.48. The Kier molecular flexibility index (Phi) is 5.37. The number of hydrogen-bond donors (Lipinski definition) is 1. The van der Waals surface area contributed by atoms with Crippen molar-refractivity contribution in [3.63, 3.8) is 0 Å². The van der Waals surface area contributed by atoms with E-state index in [1.54, 1.807) is 0 Å². The maximum Gasteiger partial charge on any atom is 0.392 e. The number of nitrogens with one attached hydrogen (secondary N) is 1. The molecular formula is C14H21BrF3NO. The van der Waals surface area contributed by atoms with Crippen LogP contribution in [0.3, 0.4) is 0 Å². The third-order valence-corrected chi connectivity index (χ3v) is 5.63. The van der Waals surface area contributed by atoms with Gasteiger partial charge in [-0.3, -0.25) is 4.79 Å². The zero-order valence-corrected chi connectivity index (χ0v) is 13.0. The van der Waals surface area contributed by atoms with Gasteiger partial charge in [0.15, 0.2) is 0 Å². The van der Waals surface area contributed by atoms with Crippen LogP contribution in [0.1, 0.15) is 51.4 Å². The third-order valence-electron chi connectivity index (χ3n) is 4.53. The summed E-state index contributed by atoms with van der Waals surface area (Å²) in [6.45, 7) is 0. The Morgan fingerprint density at radius 1 is 1.00 bits per heavy atom. The molecule has 6 heteroatoms. The Morgan fingerprint density at radius 2 is 1.60 bits per heavy atom. The fourth-order valence-electron chi connectivity index (χ4n) is 3.37. The van der Waals surface area contributed by atoms with Gasteiger partial charge in [0.25, 0.3) is 0 Å². The Bertz CT molecular complexity index is 348. The number of hydrogen-bond acceptors (Lipinski definition) is 1. The van der Waals surface area contributed by atoms with Gasteiger partial charge < -0.3 is 5.32 Å². The van der Waals surface area contributed by atoms with E-state index in [9.17, 15) is 18.0 Å². The second-order valence-corrected chi connectivity index (χ2v) is 7.13. The average molecular weight is 356 g/mol. The fraction of sp³-hybridized carbons (Fsp3) is 0.929. The van der Waals surface area contributed by atoms with Crippen molar-refractivity contribution in [3.05, 3.63) is 0 Å². The fourth-order valence-corrected chi connectivity index (χ4v) is 4.09. The van der Waals surface area contributed by atoms with Gasteiger partial charge in [-0.1, -0.05) is 41.6 Å². The van der Waals surface area contributed by atoms with Crippen LogP contribution in [0, 0.1) is 11.8 Å². The average Bonchev–Trinajstić information content (AvgIpc) is 2.40. The van der Waals surface area contributed by atoms with Crippen LogP contribution in [-0.4, -0.2) is 23.0 Å². The molecule has 0 bridgehead atoms. The van der Waals surface area contributed by atoms with Crippen molar-refractivity contribution in [2.45, 2.75) is 68.4 Å². The summed E-state index contributed by atoms with van der Waals surface area (Å²) in [6, 6.07) is -0.0212. The molecular weight excluding hydrogens is 335 g/mol. The second kappa shape index (κ2) is 6.67. The van der Waals surface area contributed by atoms with Gasteiger partial charge in [0.05, 0.1) is 5.92 Å². The molecule has 116 valence electrons. The number of carbonyl (C=O) groups excluding carboxylic acids is 1. The topological polar surface area (TPSA) is 29.1 Å². The van der Waals surface area contributed by atoms with Gasteiger partial charge in [-0.25, -0.2) is 0 Å². The second-order valence-electron chi connectivity index (χ2n) is 5.95. The van der Waals surface area contributed by atoms with E-state index < -0.39 is 23.9 Å². The lowest BCUT2D eigenvalue weighted by Gasteiger charge is -2.35. The summed E-state index contributed by atoms with van der Waals surface area (Å²) < 4.78 is 39.1. The first-order chi connectivity index (χ1) is 9.39. The number of rotatable bonds is 2. The molecule has 1 N–H and O–H groups in total.